The first-order valence-electron chi connectivity index (χ1n) is 11.8. The molecule has 7 heteroatoms. The Balaban J connectivity index is 1.49. The van der Waals surface area contributed by atoms with Crippen molar-refractivity contribution in [1.82, 2.24) is 10.2 Å². The van der Waals surface area contributed by atoms with Gasteiger partial charge in [-0.15, -0.1) is 0 Å². The van der Waals surface area contributed by atoms with Crippen molar-refractivity contribution in [2.75, 3.05) is 26.3 Å². The minimum Gasteiger partial charge on any atom is -0.490 e. The summed E-state index contributed by atoms with van der Waals surface area (Å²) >= 11 is 0. The highest BCUT2D eigenvalue weighted by Gasteiger charge is 2.26. The summed E-state index contributed by atoms with van der Waals surface area (Å²) in [6.45, 7) is 7.95. The van der Waals surface area contributed by atoms with Gasteiger partial charge >= 0.3 is 0 Å². The van der Waals surface area contributed by atoms with E-state index in [9.17, 15) is 14.0 Å². The fraction of sp³-hybridized carbons (Fsp3) is 0.407. The smallest absolute Gasteiger partial charge is 0.246 e. The second-order valence-corrected chi connectivity index (χ2v) is 8.31. The van der Waals surface area contributed by atoms with Gasteiger partial charge in [-0.2, -0.15) is 0 Å². The molecule has 1 N–H and O–H groups in total. The summed E-state index contributed by atoms with van der Waals surface area (Å²) in [6.07, 6.45) is 4.52. The molecule has 2 aromatic carbocycles. The molecule has 1 heterocycles. The van der Waals surface area contributed by atoms with Gasteiger partial charge in [0.1, 0.15) is 5.82 Å². The van der Waals surface area contributed by atoms with Gasteiger partial charge in [0.15, 0.2) is 11.5 Å². The van der Waals surface area contributed by atoms with Gasteiger partial charge in [-0.1, -0.05) is 18.2 Å². The predicted octanol–water partition coefficient (Wildman–Crippen LogP) is 4.50. The largest absolute Gasteiger partial charge is 0.490 e. The van der Waals surface area contributed by atoms with Crippen molar-refractivity contribution in [3.05, 3.63) is 65.0 Å². The van der Waals surface area contributed by atoms with Crippen molar-refractivity contribution in [3.8, 4) is 11.5 Å². The predicted molar refractivity (Wildman–Crippen MR) is 130 cm³/mol. The van der Waals surface area contributed by atoms with E-state index in [2.05, 4.69) is 5.32 Å². The molecule has 2 aromatic rings. The quantitative estimate of drug-likeness (QED) is 0.551. The number of piperidine rings is 1. The van der Waals surface area contributed by atoms with E-state index in [1.165, 1.54) is 6.07 Å². The fourth-order valence-electron chi connectivity index (χ4n) is 3.89. The average Bonchev–Trinajstić information content (AvgIpc) is 2.85. The molecule has 1 fully saturated rings. The van der Waals surface area contributed by atoms with Gasteiger partial charge < -0.3 is 19.7 Å². The van der Waals surface area contributed by atoms with Crippen molar-refractivity contribution in [2.45, 2.75) is 40.2 Å². The maximum Gasteiger partial charge on any atom is 0.246 e. The van der Waals surface area contributed by atoms with Crippen molar-refractivity contribution < 1.29 is 23.5 Å². The molecule has 3 rings (SSSR count). The van der Waals surface area contributed by atoms with Crippen LogP contribution < -0.4 is 14.8 Å². The first-order valence-corrected chi connectivity index (χ1v) is 11.8. The Kier molecular flexibility index (Phi) is 9.08. The van der Waals surface area contributed by atoms with Crippen LogP contribution in [0.25, 0.3) is 6.08 Å². The molecule has 0 atom stereocenters. The molecule has 34 heavy (non-hydrogen) atoms. The van der Waals surface area contributed by atoms with E-state index in [4.69, 9.17) is 9.47 Å². The Hall–Kier alpha value is -3.35. The van der Waals surface area contributed by atoms with Gasteiger partial charge in [-0.3, -0.25) is 9.59 Å². The summed E-state index contributed by atoms with van der Waals surface area (Å²) in [7, 11) is 0. The second-order valence-electron chi connectivity index (χ2n) is 8.31. The molecule has 0 aromatic heterocycles. The number of amides is 2. The number of carbonyl (C=O) groups excluding carboxylic acids is 2. The van der Waals surface area contributed by atoms with E-state index in [1.807, 2.05) is 38.1 Å². The Labute approximate surface area is 200 Å². The summed E-state index contributed by atoms with van der Waals surface area (Å²) in [5.74, 6) is 0.774. The van der Waals surface area contributed by atoms with Crippen molar-refractivity contribution in [3.63, 3.8) is 0 Å². The molecule has 1 aliphatic heterocycles. The van der Waals surface area contributed by atoms with Crippen LogP contribution >= 0.6 is 0 Å². The van der Waals surface area contributed by atoms with E-state index in [0.29, 0.717) is 62.8 Å². The zero-order valence-corrected chi connectivity index (χ0v) is 20.1. The van der Waals surface area contributed by atoms with E-state index in [0.717, 1.165) is 11.1 Å². The van der Waals surface area contributed by atoms with Crippen LogP contribution in [0.2, 0.25) is 0 Å². The van der Waals surface area contributed by atoms with Crippen molar-refractivity contribution in [2.24, 2.45) is 5.92 Å². The zero-order chi connectivity index (χ0) is 24.5. The molecule has 1 aliphatic rings. The zero-order valence-electron chi connectivity index (χ0n) is 20.1. The highest BCUT2D eigenvalue weighted by Crippen LogP contribution is 2.29. The standard InChI is InChI=1S/C27H33FN2O4/c1-4-33-24-10-8-20(17-25(24)34-5-2)9-11-26(31)30-14-12-22(13-15-30)27(32)29-18-21-7-6-19(3)23(28)16-21/h6-11,16-17,22H,4-5,12-15,18H2,1-3H3,(H,29,32)/b11-9+. The van der Waals surface area contributed by atoms with Crippen LogP contribution in [0.5, 0.6) is 11.5 Å². The molecule has 1 saturated heterocycles. The molecule has 0 spiro atoms. The monoisotopic (exact) mass is 468 g/mol. The van der Waals surface area contributed by atoms with Crippen LogP contribution in [0.1, 0.15) is 43.4 Å². The topological polar surface area (TPSA) is 67.9 Å². The molecular formula is C27H33FN2O4. The van der Waals surface area contributed by atoms with Gasteiger partial charge in [-0.05, 0) is 74.6 Å². The first kappa shape index (κ1) is 25.3. The third-order valence-electron chi connectivity index (χ3n) is 5.87. The van der Waals surface area contributed by atoms with Gasteiger partial charge in [0, 0.05) is 31.6 Å². The number of rotatable bonds is 9. The Morgan fingerprint density at radius 3 is 2.44 bits per heavy atom. The number of carbonyl (C=O) groups is 2. The summed E-state index contributed by atoms with van der Waals surface area (Å²) in [6, 6.07) is 10.6. The molecule has 6 nitrogen and oxygen atoms in total. The summed E-state index contributed by atoms with van der Waals surface area (Å²) in [5.41, 5.74) is 2.16. The number of halogens is 1. The van der Waals surface area contributed by atoms with Crippen molar-refractivity contribution in [1.29, 1.82) is 0 Å². The molecule has 0 bridgehead atoms. The highest BCUT2D eigenvalue weighted by atomic mass is 19.1. The van der Waals surface area contributed by atoms with Crippen molar-refractivity contribution >= 4 is 17.9 Å². The summed E-state index contributed by atoms with van der Waals surface area (Å²) in [5, 5.41) is 2.89. The molecule has 182 valence electrons. The lowest BCUT2D eigenvalue weighted by atomic mass is 9.95. The summed E-state index contributed by atoms with van der Waals surface area (Å²) in [4.78, 5) is 26.9. The molecule has 0 saturated carbocycles. The number of hydrogen-bond donors (Lipinski definition) is 1. The van der Waals surface area contributed by atoms with Gasteiger partial charge in [-0.25, -0.2) is 4.39 Å². The lowest BCUT2D eigenvalue weighted by Crippen LogP contribution is -2.42. The molecule has 0 unspecified atom stereocenters. The first-order chi connectivity index (χ1) is 16.4. The number of hydrogen-bond acceptors (Lipinski definition) is 4. The number of aryl methyl sites for hydroxylation is 1. The molecule has 2 amide bonds. The van der Waals surface area contributed by atoms with E-state index < -0.39 is 0 Å². The number of ether oxygens (including phenoxy) is 2. The lowest BCUT2D eigenvalue weighted by molar-refractivity contribution is -0.132. The lowest BCUT2D eigenvalue weighted by Gasteiger charge is -2.30. The molecule has 0 aliphatic carbocycles. The van der Waals surface area contributed by atoms with Crippen LogP contribution in [-0.4, -0.2) is 43.0 Å². The fourth-order valence-corrected chi connectivity index (χ4v) is 3.89. The van der Waals surface area contributed by atoms with E-state index in [-0.39, 0.29) is 23.5 Å². The average molecular weight is 469 g/mol. The SMILES string of the molecule is CCOc1ccc(/C=C/C(=O)N2CCC(C(=O)NCc3ccc(C)c(F)c3)CC2)cc1OCC. The maximum atomic E-state index is 13.7. The van der Waals surface area contributed by atoms with Crippen LogP contribution in [0.15, 0.2) is 42.5 Å². The highest BCUT2D eigenvalue weighted by molar-refractivity contribution is 5.92. The van der Waals surface area contributed by atoms with Gasteiger partial charge in [0.25, 0.3) is 0 Å². The third-order valence-corrected chi connectivity index (χ3v) is 5.87. The Bertz CT molecular complexity index is 1030. The number of benzene rings is 2. The van der Waals surface area contributed by atoms with Gasteiger partial charge in [0.05, 0.1) is 13.2 Å². The number of nitrogens with zero attached hydrogens (tertiary/aromatic N) is 1. The maximum absolute atomic E-state index is 13.7. The Morgan fingerprint density at radius 2 is 1.76 bits per heavy atom. The summed E-state index contributed by atoms with van der Waals surface area (Å²) < 4.78 is 24.9. The van der Waals surface area contributed by atoms with Crippen LogP contribution in [0.4, 0.5) is 4.39 Å². The number of nitrogens with one attached hydrogen (secondary N) is 1. The minimum absolute atomic E-state index is 0.0542. The third kappa shape index (κ3) is 6.83. The second kappa shape index (κ2) is 12.2. The van der Waals surface area contributed by atoms with Crippen LogP contribution in [-0.2, 0) is 16.1 Å². The van der Waals surface area contributed by atoms with E-state index in [1.54, 1.807) is 30.0 Å². The molecule has 0 radical (unpaired) electrons. The molecular weight excluding hydrogens is 435 g/mol. The minimum atomic E-state index is -0.272. The normalized spacial score (nSPS) is 14.3. The van der Waals surface area contributed by atoms with Crippen LogP contribution in [0, 0.1) is 18.7 Å². The number of likely N-dealkylation sites (tertiary alicyclic amines) is 1. The van der Waals surface area contributed by atoms with Crippen LogP contribution in [0.3, 0.4) is 0 Å². The van der Waals surface area contributed by atoms with Gasteiger partial charge in [0.2, 0.25) is 11.8 Å². The Morgan fingerprint density at radius 1 is 1.06 bits per heavy atom. The van der Waals surface area contributed by atoms with E-state index >= 15 is 0 Å².